The summed E-state index contributed by atoms with van der Waals surface area (Å²) in [5.41, 5.74) is 3.67. The first kappa shape index (κ1) is 26.7. The van der Waals surface area contributed by atoms with E-state index in [1.807, 2.05) is 43.3 Å². The monoisotopic (exact) mass is 496 g/mol. The molecule has 7 heteroatoms. The number of esters is 1. The molecule has 35 heavy (non-hydrogen) atoms. The lowest BCUT2D eigenvalue weighted by Crippen LogP contribution is -2.29. The molecule has 2 aromatic carbocycles. The van der Waals surface area contributed by atoms with Crippen molar-refractivity contribution in [3.05, 3.63) is 90.9 Å². The molecule has 3 aromatic rings. The molecule has 1 unspecified atom stereocenters. The van der Waals surface area contributed by atoms with Crippen molar-refractivity contribution in [1.82, 2.24) is 8.52 Å². The predicted octanol–water partition coefficient (Wildman–Crippen LogP) is 5.36. The number of rotatable bonds is 12. The highest BCUT2D eigenvalue weighted by Gasteiger charge is 2.17. The molecule has 0 radical (unpaired) electrons. The van der Waals surface area contributed by atoms with Gasteiger partial charge in [-0.3, -0.25) is 9.59 Å². The van der Waals surface area contributed by atoms with E-state index in [0.29, 0.717) is 12.5 Å². The van der Waals surface area contributed by atoms with Gasteiger partial charge in [-0.25, -0.2) is 13.3 Å². The quantitative estimate of drug-likeness (QED) is 0.250. The molecule has 3 rings (SSSR count). The van der Waals surface area contributed by atoms with Gasteiger partial charge in [0.15, 0.2) is 0 Å². The van der Waals surface area contributed by atoms with E-state index in [9.17, 15) is 14.4 Å². The van der Waals surface area contributed by atoms with Crippen LogP contribution < -0.4 is 10.6 Å². The number of aryl methyl sites for hydroxylation is 1. The standard InChI is InChI=1S/C28H36N2O4S/c1-5-6-7-16-30-27(32)29(28(33)35-30)18-23-8-10-24(11-9-23)19-34-26(31)21(4)25-14-12-22(13-15-25)17-20(2)3/h8-15,20-21H,5-7,16-19H2,1-4H3. The van der Waals surface area contributed by atoms with Gasteiger partial charge in [-0.1, -0.05) is 82.1 Å². The summed E-state index contributed by atoms with van der Waals surface area (Å²) in [6, 6.07) is 15.6. The number of carbonyl (C=O) groups excluding carboxylic acids is 1. The maximum Gasteiger partial charge on any atom is 0.341 e. The van der Waals surface area contributed by atoms with Gasteiger partial charge in [0, 0.05) is 18.1 Å². The van der Waals surface area contributed by atoms with Crippen LogP contribution in [0.3, 0.4) is 0 Å². The average molecular weight is 497 g/mol. The molecule has 0 saturated heterocycles. The van der Waals surface area contributed by atoms with E-state index in [2.05, 4.69) is 32.9 Å². The number of ether oxygens (including phenoxy) is 1. The summed E-state index contributed by atoms with van der Waals surface area (Å²) >= 11 is 0.983. The second kappa shape index (κ2) is 12.7. The van der Waals surface area contributed by atoms with E-state index < -0.39 is 0 Å². The molecular formula is C28H36N2O4S. The molecule has 0 aliphatic rings. The third kappa shape index (κ3) is 7.52. The molecular weight excluding hydrogens is 460 g/mol. The predicted molar refractivity (Wildman–Crippen MR) is 141 cm³/mol. The second-order valence-electron chi connectivity index (χ2n) is 9.52. The van der Waals surface area contributed by atoms with Gasteiger partial charge in [-0.05, 0) is 47.9 Å². The second-order valence-corrected chi connectivity index (χ2v) is 10.5. The van der Waals surface area contributed by atoms with Gasteiger partial charge < -0.3 is 4.74 Å². The van der Waals surface area contributed by atoms with Crippen molar-refractivity contribution in [2.24, 2.45) is 5.92 Å². The van der Waals surface area contributed by atoms with Gasteiger partial charge in [0.05, 0.1) is 12.5 Å². The first-order chi connectivity index (χ1) is 16.8. The van der Waals surface area contributed by atoms with Gasteiger partial charge in [-0.2, -0.15) is 0 Å². The number of hydrogen-bond donors (Lipinski definition) is 0. The number of hydrogen-bond acceptors (Lipinski definition) is 5. The number of carbonyl (C=O) groups is 1. The van der Waals surface area contributed by atoms with Crippen molar-refractivity contribution in [1.29, 1.82) is 0 Å². The van der Waals surface area contributed by atoms with Crippen LogP contribution in [0, 0.1) is 5.92 Å². The molecule has 1 heterocycles. The average Bonchev–Trinajstić information content (AvgIpc) is 3.10. The normalized spacial score (nSPS) is 12.1. The summed E-state index contributed by atoms with van der Waals surface area (Å²) in [5.74, 6) is -0.0124. The van der Waals surface area contributed by atoms with Gasteiger partial charge in [0.1, 0.15) is 6.61 Å². The van der Waals surface area contributed by atoms with E-state index in [1.54, 1.807) is 3.96 Å². The number of nitrogens with zero attached hydrogens (tertiary/aromatic N) is 2. The molecule has 0 N–H and O–H groups in total. The Kier molecular flexibility index (Phi) is 9.66. The highest BCUT2D eigenvalue weighted by molar-refractivity contribution is 7.03. The van der Waals surface area contributed by atoms with Crippen LogP contribution in [0.5, 0.6) is 0 Å². The highest BCUT2D eigenvalue weighted by Crippen LogP contribution is 2.20. The van der Waals surface area contributed by atoms with Crippen LogP contribution >= 0.6 is 11.5 Å². The number of aromatic nitrogens is 2. The van der Waals surface area contributed by atoms with E-state index in [-0.39, 0.29) is 35.6 Å². The van der Waals surface area contributed by atoms with Crippen LogP contribution in [-0.4, -0.2) is 14.5 Å². The number of benzene rings is 2. The van der Waals surface area contributed by atoms with Crippen molar-refractivity contribution in [3.63, 3.8) is 0 Å². The minimum Gasteiger partial charge on any atom is -0.460 e. The molecule has 0 aliphatic carbocycles. The van der Waals surface area contributed by atoms with Crippen LogP contribution in [0.1, 0.15) is 75.1 Å². The summed E-state index contributed by atoms with van der Waals surface area (Å²) in [4.78, 5) is 37.2. The summed E-state index contributed by atoms with van der Waals surface area (Å²) in [6.07, 6.45) is 4.02. The van der Waals surface area contributed by atoms with Crippen molar-refractivity contribution >= 4 is 17.5 Å². The Morgan fingerprint density at radius 3 is 2.17 bits per heavy atom. The molecule has 1 aromatic heterocycles. The van der Waals surface area contributed by atoms with E-state index in [0.717, 1.165) is 53.9 Å². The lowest BCUT2D eigenvalue weighted by atomic mass is 9.97. The Hall–Kier alpha value is -2.93. The van der Waals surface area contributed by atoms with Crippen molar-refractivity contribution < 1.29 is 9.53 Å². The maximum atomic E-state index is 12.6. The molecule has 0 spiro atoms. The summed E-state index contributed by atoms with van der Waals surface area (Å²) in [6.45, 7) is 9.34. The fourth-order valence-corrected chi connectivity index (χ4v) is 4.75. The van der Waals surface area contributed by atoms with Crippen LogP contribution in [0.15, 0.2) is 58.1 Å². The summed E-state index contributed by atoms with van der Waals surface area (Å²) in [5, 5.41) is 0. The van der Waals surface area contributed by atoms with Crippen LogP contribution in [0.2, 0.25) is 0 Å². The highest BCUT2D eigenvalue weighted by atomic mass is 32.1. The fraction of sp³-hybridized carbons (Fsp3) is 0.464. The van der Waals surface area contributed by atoms with Crippen LogP contribution in [0.4, 0.5) is 0 Å². The zero-order valence-electron chi connectivity index (χ0n) is 21.2. The van der Waals surface area contributed by atoms with Gasteiger partial charge in [-0.15, -0.1) is 0 Å². The first-order valence-electron chi connectivity index (χ1n) is 12.4. The fourth-order valence-electron chi connectivity index (χ4n) is 3.93. The number of unbranched alkanes of at least 4 members (excludes halogenated alkanes) is 2. The van der Waals surface area contributed by atoms with E-state index >= 15 is 0 Å². The molecule has 1 atom stereocenters. The Morgan fingerprint density at radius 1 is 0.914 bits per heavy atom. The molecule has 188 valence electrons. The molecule has 6 nitrogen and oxygen atoms in total. The first-order valence-corrected chi connectivity index (χ1v) is 13.2. The third-order valence-electron chi connectivity index (χ3n) is 6.04. The maximum absolute atomic E-state index is 12.6. The Morgan fingerprint density at radius 2 is 1.54 bits per heavy atom. The third-order valence-corrected chi connectivity index (χ3v) is 6.98. The Labute approximate surface area is 211 Å². The largest absolute Gasteiger partial charge is 0.460 e. The minimum absolute atomic E-state index is 0.178. The molecule has 0 bridgehead atoms. The Bertz CT molecular complexity index is 1200. The van der Waals surface area contributed by atoms with Crippen LogP contribution in [-0.2, 0) is 35.6 Å². The zero-order chi connectivity index (χ0) is 25.4. The van der Waals surface area contributed by atoms with Gasteiger partial charge >= 0.3 is 16.5 Å². The smallest absolute Gasteiger partial charge is 0.341 e. The summed E-state index contributed by atoms with van der Waals surface area (Å²) in [7, 11) is 0. The van der Waals surface area contributed by atoms with Crippen molar-refractivity contribution in [3.8, 4) is 0 Å². The van der Waals surface area contributed by atoms with Crippen molar-refractivity contribution in [2.75, 3.05) is 0 Å². The lowest BCUT2D eigenvalue weighted by Gasteiger charge is -2.13. The topological polar surface area (TPSA) is 70.3 Å². The molecule has 0 amide bonds. The lowest BCUT2D eigenvalue weighted by molar-refractivity contribution is -0.146. The van der Waals surface area contributed by atoms with Crippen molar-refractivity contribution in [2.45, 2.75) is 79.0 Å². The van der Waals surface area contributed by atoms with Gasteiger partial charge in [0.2, 0.25) is 0 Å². The van der Waals surface area contributed by atoms with E-state index in [1.165, 1.54) is 10.1 Å². The molecule has 0 aliphatic heterocycles. The SMILES string of the molecule is CCCCCn1sc(=O)n(Cc2ccc(COC(=O)C(C)c3ccc(CC(C)C)cc3)cc2)c1=O. The van der Waals surface area contributed by atoms with Gasteiger partial charge in [0.25, 0.3) is 0 Å². The van der Waals surface area contributed by atoms with E-state index in [4.69, 9.17) is 4.74 Å². The molecule has 0 fully saturated rings. The van der Waals surface area contributed by atoms with Crippen LogP contribution in [0.25, 0.3) is 0 Å². The zero-order valence-corrected chi connectivity index (χ0v) is 22.0. The molecule has 0 saturated carbocycles. The minimum atomic E-state index is -0.340. The summed E-state index contributed by atoms with van der Waals surface area (Å²) < 4.78 is 8.36. The Balaban J connectivity index is 1.55.